The zero-order valence-corrected chi connectivity index (χ0v) is 12.7. The number of hydrogen-bond acceptors (Lipinski definition) is 3. The monoisotopic (exact) mass is 318 g/mol. The number of rotatable bonds is 4. The lowest BCUT2D eigenvalue weighted by Crippen LogP contribution is -2.11. The summed E-state index contributed by atoms with van der Waals surface area (Å²) < 4.78 is 0. The number of anilines is 1. The Morgan fingerprint density at radius 3 is 2.17 bits per heavy atom. The first-order valence-electron chi connectivity index (χ1n) is 7.35. The number of non-ortho nitro benzene ring substituents is 1. The molecule has 24 heavy (non-hydrogen) atoms. The average molecular weight is 318 g/mol. The Kier molecular flexibility index (Phi) is 4.34. The number of benzene rings is 3. The first-order chi connectivity index (χ1) is 11.6. The fourth-order valence-corrected chi connectivity index (χ4v) is 2.34. The van der Waals surface area contributed by atoms with Crippen molar-refractivity contribution in [1.82, 2.24) is 0 Å². The van der Waals surface area contributed by atoms with E-state index < -0.39 is 4.92 Å². The largest absolute Gasteiger partial charge is 0.322 e. The Labute approximate surface area is 138 Å². The predicted octanol–water partition coefficient (Wildman–Crippen LogP) is 4.51. The molecule has 3 rings (SSSR count). The van der Waals surface area contributed by atoms with Crippen LogP contribution in [0.5, 0.6) is 0 Å². The van der Waals surface area contributed by atoms with Gasteiger partial charge in [0.1, 0.15) is 0 Å². The van der Waals surface area contributed by atoms with Gasteiger partial charge in [-0.25, -0.2) is 0 Å². The summed E-state index contributed by atoms with van der Waals surface area (Å²) in [6, 6.07) is 23.0. The summed E-state index contributed by atoms with van der Waals surface area (Å²) >= 11 is 0. The third-order valence-corrected chi connectivity index (χ3v) is 3.57. The van der Waals surface area contributed by atoms with E-state index in [1.165, 1.54) is 18.2 Å². The minimum absolute atomic E-state index is 0.109. The average Bonchev–Trinajstić information content (AvgIpc) is 2.63. The van der Waals surface area contributed by atoms with Crippen LogP contribution in [0.4, 0.5) is 11.4 Å². The zero-order chi connectivity index (χ0) is 16.9. The molecule has 0 aliphatic heterocycles. The molecule has 0 aromatic heterocycles. The smallest absolute Gasteiger partial charge is 0.270 e. The molecule has 0 aliphatic carbocycles. The van der Waals surface area contributed by atoms with E-state index in [9.17, 15) is 14.9 Å². The fraction of sp³-hybridized carbons (Fsp3) is 0. The molecule has 1 amide bonds. The van der Waals surface area contributed by atoms with Gasteiger partial charge < -0.3 is 5.32 Å². The molecule has 5 heteroatoms. The van der Waals surface area contributed by atoms with Crippen molar-refractivity contribution in [3.05, 3.63) is 94.5 Å². The van der Waals surface area contributed by atoms with Crippen molar-refractivity contribution in [2.45, 2.75) is 0 Å². The maximum Gasteiger partial charge on any atom is 0.270 e. The van der Waals surface area contributed by atoms with E-state index >= 15 is 0 Å². The van der Waals surface area contributed by atoms with Gasteiger partial charge in [-0.3, -0.25) is 14.9 Å². The summed E-state index contributed by atoms with van der Waals surface area (Å²) in [5, 5.41) is 13.5. The highest BCUT2D eigenvalue weighted by Gasteiger charge is 2.11. The van der Waals surface area contributed by atoms with E-state index in [1.54, 1.807) is 18.2 Å². The van der Waals surface area contributed by atoms with E-state index in [4.69, 9.17) is 0 Å². The molecule has 0 aliphatic rings. The molecule has 3 aromatic carbocycles. The summed E-state index contributed by atoms with van der Waals surface area (Å²) in [5.41, 5.74) is 2.91. The number of nitrogens with one attached hydrogen (secondary N) is 1. The highest BCUT2D eigenvalue weighted by molar-refractivity contribution is 6.04. The van der Waals surface area contributed by atoms with Crippen molar-refractivity contribution in [3.8, 4) is 11.1 Å². The normalized spacial score (nSPS) is 10.2. The van der Waals surface area contributed by atoms with Crippen molar-refractivity contribution < 1.29 is 9.72 Å². The standard InChI is InChI=1S/C19H14N2O3/c22-19(16-7-4-8-18(13-16)21(23)24)20-17-11-9-15(10-12-17)14-5-2-1-3-6-14/h1-13H,(H,20,22). The summed E-state index contributed by atoms with van der Waals surface area (Å²) in [6.07, 6.45) is 0. The van der Waals surface area contributed by atoms with Crippen LogP contribution < -0.4 is 5.32 Å². The maximum atomic E-state index is 12.2. The van der Waals surface area contributed by atoms with Crippen LogP contribution >= 0.6 is 0 Å². The molecule has 0 atom stereocenters. The third-order valence-electron chi connectivity index (χ3n) is 3.57. The Morgan fingerprint density at radius 2 is 1.50 bits per heavy atom. The first-order valence-corrected chi connectivity index (χ1v) is 7.35. The third kappa shape index (κ3) is 3.47. The topological polar surface area (TPSA) is 72.2 Å². The first kappa shape index (κ1) is 15.4. The highest BCUT2D eigenvalue weighted by Crippen LogP contribution is 2.21. The van der Waals surface area contributed by atoms with Crippen LogP contribution in [0.2, 0.25) is 0 Å². The van der Waals surface area contributed by atoms with Crippen LogP contribution in [0.3, 0.4) is 0 Å². The predicted molar refractivity (Wildman–Crippen MR) is 92.9 cm³/mol. The summed E-state index contributed by atoms with van der Waals surface area (Å²) in [7, 11) is 0. The van der Waals surface area contributed by atoms with Crippen LogP contribution in [-0.2, 0) is 0 Å². The molecule has 0 heterocycles. The highest BCUT2D eigenvalue weighted by atomic mass is 16.6. The van der Waals surface area contributed by atoms with Crippen LogP contribution in [0, 0.1) is 10.1 Å². The SMILES string of the molecule is O=C(Nc1ccc(-c2ccccc2)cc1)c1cccc([N+](=O)[O-])c1. The lowest BCUT2D eigenvalue weighted by Gasteiger charge is -2.07. The number of carbonyl (C=O) groups excluding carboxylic acids is 1. The Hall–Kier alpha value is -3.47. The Morgan fingerprint density at radius 1 is 0.833 bits per heavy atom. The van der Waals surface area contributed by atoms with Gasteiger partial charge in [-0.1, -0.05) is 48.5 Å². The molecule has 0 radical (unpaired) electrons. The van der Waals surface area contributed by atoms with Gasteiger partial charge in [0.05, 0.1) is 4.92 Å². The summed E-state index contributed by atoms with van der Waals surface area (Å²) in [5.74, 6) is -0.383. The van der Waals surface area contributed by atoms with E-state index in [0.29, 0.717) is 5.69 Å². The Balaban J connectivity index is 1.75. The van der Waals surface area contributed by atoms with Gasteiger partial charge in [-0.05, 0) is 29.3 Å². The van der Waals surface area contributed by atoms with Gasteiger partial charge in [-0.2, -0.15) is 0 Å². The minimum Gasteiger partial charge on any atom is -0.322 e. The van der Waals surface area contributed by atoms with Gasteiger partial charge in [-0.15, -0.1) is 0 Å². The number of nitrogens with zero attached hydrogens (tertiary/aromatic N) is 1. The number of amides is 1. The number of carbonyl (C=O) groups is 1. The van der Waals surface area contributed by atoms with Crippen molar-refractivity contribution in [1.29, 1.82) is 0 Å². The van der Waals surface area contributed by atoms with Crippen LogP contribution in [-0.4, -0.2) is 10.8 Å². The van der Waals surface area contributed by atoms with E-state index in [0.717, 1.165) is 11.1 Å². The molecule has 0 saturated carbocycles. The van der Waals surface area contributed by atoms with E-state index in [1.807, 2.05) is 42.5 Å². The van der Waals surface area contributed by atoms with Crippen LogP contribution in [0.25, 0.3) is 11.1 Å². The van der Waals surface area contributed by atoms with Crippen LogP contribution in [0.1, 0.15) is 10.4 Å². The molecule has 0 fully saturated rings. The zero-order valence-electron chi connectivity index (χ0n) is 12.7. The van der Waals surface area contributed by atoms with Gasteiger partial charge in [0.25, 0.3) is 11.6 Å². The quantitative estimate of drug-likeness (QED) is 0.568. The van der Waals surface area contributed by atoms with Gasteiger partial charge in [0, 0.05) is 23.4 Å². The summed E-state index contributed by atoms with van der Waals surface area (Å²) in [4.78, 5) is 22.5. The number of hydrogen-bond donors (Lipinski definition) is 1. The molecular weight excluding hydrogens is 304 g/mol. The molecule has 118 valence electrons. The summed E-state index contributed by atoms with van der Waals surface area (Å²) in [6.45, 7) is 0. The van der Waals surface area contributed by atoms with Crippen LogP contribution in [0.15, 0.2) is 78.9 Å². The van der Waals surface area contributed by atoms with Gasteiger partial charge in [0.15, 0.2) is 0 Å². The van der Waals surface area contributed by atoms with Crippen molar-refractivity contribution >= 4 is 17.3 Å². The van der Waals surface area contributed by atoms with Gasteiger partial charge in [0.2, 0.25) is 0 Å². The second-order valence-electron chi connectivity index (χ2n) is 5.20. The lowest BCUT2D eigenvalue weighted by atomic mass is 10.1. The minimum atomic E-state index is -0.522. The van der Waals surface area contributed by atoms with Gasteiger partial charge >= 0.3 is 0 Å². The molecule has 5 nitrogen and oxygen atoms in total. The van der Waals surface area contributed by atoms with Crippen molar-refractivity contribution in [3.63, 3.8) is 0 Å². The molecule has 0 unspecified atom stereocenters. The van der Waals surface area contributed by atoms with E-state index in [2.05, 4.69) is 5.32 Å². The fourth-order valence-electron chi connectivity index (χ4n) is 2.34. The second kappa shape index (κ2) is 6.75. The molecule has 0 bridgehead atoms. The molecule has 0 saturated heterocycles. The van der Waals surface area contributed by atoms with Crippen molar-refractivity contribution in [2.24, 2.45) is 0 Å². The van der Waals surface area contributed by atoms with Crippen molar-refractivity contribution in [2.75, 3.05) is 5.32 Å². The number of nitro groups is 1. The molecular formula is C19H14N2O3. The molecule has 0 spiro atoms. The van der Waals surface area contributed by atoms with E-state index in [-0.39, 0.29) is 17.2 Å². The lowest BCUT2D eigenvalue weighted by molar-refractivity contribution is -0.384. The maximum absolute atomic E-state index is 12.2. The molecule has 3 aromatic rings. The molecule has 1 N–H and O–H groups in total. The Bertz CT molecular complexity index is 875. The number of nitro benzene ring substituents is 1. The second-order valence-corrected chi connectivity index (χ2v) is 5.20.